The van der Waals surface area contributed by atoms with E-state index >= 15 is 0 Å². The Morgan fingerprint density at radius 3 is 3.00 bits per heavy atom. The third-order valence-corrected chi connectivity index (χ3v) is 3.46. The van der Waals surface area contributed by atoms with Crippen molar-refractivity contribution in [3.05, 3.63) is 36.2 Å². The zero-order chi connectivity index (χ0) is 17.0. The summed E-state index contributed by atoms with van der Waals surface area (Å²) >= 11 is 0. The van der Waals surface area contributed by atoms with Gasteiger partial charge in [0.15, 0.2) is 0 Å². The van der Waals surface area contributed by atoms with Crippen LogP contribution in [0.5, 0.6) is 0 Å². The topological polar surface area (TPSA) is 86.1 Å². The molecule has 1 aliphatic heterocycles. The molecule has 23 heavy (non-hydrogen) atoms. The molecule has 1 aromatic rings. The van der Waals surface area contributed by atoms with E-state index in [1.54, 1.807) is 6.07 Å². The fraction of sp³-hybridized carbons (Fsp3) is 0.333. The summed E-state index contributed by atoms with van der Waals surface area (Å²) in [6.45, 7) is 2.28. The predicted molar refractivity (Wildman–Crippen MR) is 77.3 cm³/mol. The minimum absolute atomic E-state index is 0.270. The smallest absolute Gasteiger partial charge is 0.268 e. The molecule has 1 fully saturated rings. The Morgan fingerprint density at radius 2 is 2.35 bits per heavy atom. The second-order valence-electron chi connectivity index (χ2n) is 5.08. The first-order valence-corrected chi connectivity index (χ1v) is 6.79. The number of halogens is 2. The van der Waals surface area contributed by atoms with Crippen LogP contribution < -0.4 is 5.32 Å². The number of hydrogen-bond acceptors (Lipinski definition) is 4. The lowest BCUT2D eigenvalue weighted by Crippen LogP contribution is -2.43. The molecule has 0 radical (unpaired) electrons. The first kappa shape index (κ1) is 16.5. The minimum Gasteiger partial charge on any atom is -0.343 e. The highest BCUT2D eigenvalue weighted by Crippen LogP contribution is 2.31. The highest BCUT2D eigenvalue weighted by Gasteiger charge is 2.47. The number of rotatable bonds is 4. The summed E-state index contributed by atoms with van der Waals surface area (Å²) in [6.07, 6.45) is 3.61. The molecule has 0 spiro atoms. The third kappa shape index (κ3) is 3.69. The molecule has 8 heteroatoms. The summed E-state index contributed by atoms with van der Waals surface area (Å²) in [4.78, 5) is 28.7. The lowest BCUT2D eigenvalue weighted by molar-refractivity contribution is -0.131. The van der Waals surface area contributed by atoms with Crippen molar-refractivity contribution in [2.75, 3.05) is 13.1 Å². The van der Waals surface area contributed by atoms with Crippen molar-refractivity contribution in [1.29, 1.82) is 5.26 Å². The maximum atomic E-state index is 13.3. The summed E-state index contributed by atoms with van der Waals surface area (Å²) < 4.78 is 26.6. The summed E-state index contributed by atoms with van der Waals surface area (Å²) in [5, 5.41) is 11.2. The predicted octanol–water partition coefficient (Wildman–Crippen LogP) is 1.21. The number of alkyl halides is 2. The van der Waals surface area contributed by atoms with E-state index < -0.39 is 43.3 Å². The summed E-state index contributed by atoms with van der Waals surface area (Å²) in [5.74, 6) is -4.35. The van der Waals surface area contributed by atoms with Crippen LogP contribution in [0.25, 0.3) is 6.08 Å². The third-order valence-electron chi connectivity index (χ3n) is 3.46. The quantitative estimate of drug-likeness (QED) is 0.903. The minimum atomic E-state index is -3.08. The number of nitrogens with one attached hydrogen (secondary N) is 1. The normalized spacial score (nSPS) is 19.0. The first-order valence-electron chi connectivity index (χ1n) is 6.79. The Hall–Kier alpha value is -2.82. The zero-order valence-electron chi connectivity index (χ0n) is 12.1. The fourth-order valence-corrected chi connectivity index (χ4v) is 2.32. The van der Waals surface area contributed by atoms with Gasteiger partial charge in [-0.1, -0.05) is 12.7 Å². The number of aromatic nitrogens is 1. The van der Waals surface area contributed by atoms with Gasteiger partial charge in [-0.2, -0.15) is 5.26 Å². The first-order chi connectivity index (χ1) is 10.9. The number of amides is 2. The van der Waals surface area contributed by atoms with Gasteiger partial charge < -0.3 is 10.2 Å². The number of likely N-dealkylation sites (tertiary alicyclic amines) is 1. The van der Waals surface area contributed by atoms with Crippen molar-refractivity contribution in [3.8, 4) is 6.07 Å². The van der Waals surface area contributed by atoms with Crippen LogP contribution in [-0.4, -0.2) is 46.8 Å². The molecule has 1 saturated heterocycles. The average Bonchev–Trinajstić information content (AvgIpc) is 2.87. The number of nitriles is 1. The van der Waals surface area contributed by atoms with E-state index in [1.165, 1.54) is 24.5 Å². The lowest BCUT2D eigenvalue weighted by Gasteiger charge is -2.19. The van der Waals surface area contributed by atoms with E-state index in [4.69, 9.17) is 5.26 Å². The molecule has 2 rings (SSSR count). The number of nitrogens with zero attached hydrogens (tertiary/aromatic N) is 3. The summed E-state index contributed by atoms with van der Waals surface area (Å²) in [6, 6.07) is 1.95. The van der Waals surface area contributed by atoms with Crippen LogP contribution in [-0.2, 0) is 4.79 Å². The Morgan fingerprint density at radius 1 is 1.61 bits per heavy atom. The molecule has 1 N–H and O–H groups in total. The van der Waals surface area contributed by atoms with Crippen molar-refractivity contribution < 1.29 is 18.4 Å². The Bertz CT molecular complexity index is 684. The molecule has 6 nitrogen and oxygen atoms in total. The average molecular weight is 320 g/mol. The maximum absolute atomic E-state index is 13.3. The van der Waals surface area contributed by atoms with E-state index in [2.05, 4.69) is 16.9 Å². The van der Waals surface area contributed by atoms with E-state index in [9.17, 15) is 18.4 Å². The molecule has 0 aromatic carbocycles. The van der Waals surface area contributed by atoms with Crippen LogP contribution in [0.3, 0.4) is 0 Å². The second kappa shape index (κ2) is 6.52. The van der Waals surface area contributed by atoms with Gasteiger partial charge in [0.05, 0.1) is 19.2 Å². The highest BCUT2D eigenvalue weighted by atomic mass is 19.3. The molecule has 2 heterocycles. The van der Waals surface area contributed by atoms with E-state index in [1.807, 2.05) is 0 Å². The van der Waals surface area contributed by atoms with Gasteiger partial charge in [-0.25, -0.2) is 8.78 Å². The van der Waals surface area contributed by atoms with Crippen molar-refractivity contribution in [1.82, 2.24) is 15.2 Å². The Kier molecular flexibility index (Phi) is 4.69. The molecular formula is C15H14F2N4O2. The second-order valence-corrected chi connectivity index (χ2v) is 5.08. The van der Waals surface area contributed by atoms with Crippen molar-refractivity contribution in [2.24, 2.45) is 0 Å². The van der Waals surface area contributed by atoms with Crippen LogP contribution in [0.2, 0.25) is 0 Å². The van der Waals surface area contributed by atoms with Crippen LogP contribution in [0.15, 0.2) is 25.0 Å². The van der Waals surface area contributed by atoms with Crippen LogP contribution in [0.1, 0.15) is 22.3 Å². The molecular weight excluding hydrogens is 306 g/mol. The molecule has 120 valence electrons. The van der Waals surface area contributed by atoms with Gasteiger partial charge >= 0.3 is 0 Å². The molecule has 1 aromatic heterocycles. The van der Waals surface area contributed by atoms with Gasteiger partial charge in [0.2, 0.25) is 5.91 Å². The van der Waals surface area contributed by atoms with Gasteiger partial charge in [-0.3, -0.25) is 14.6 Å². The summed E-state index contributed by atoms with van der Waals surface area (Å²) in [5.41, 5.74) is 0.756. The van der Waals surface area contributed by atoms with Gasteiger partial charge in [0, 0.05) is 29.9 Å². The Labute approximate surface area is 131 Å². The monoisotopic (exact) mass is 320 g/mol. The largest absolute Gasteiger partial charge is 0.343 e. The number of carbonyl (C=O) groups is 2. The maximum Gasteiger partial charge on any atom is 0.268 e. The van der Waals surface area contributed by atoms with Crippen LogP contribution in [0.4, 0.5) is 8.78 Å². The number of hydrogen-bond donors (Lipinski definition) is 1. The van der Waals surface area contributed by atoms with Gasteiger partial charge in [0.25, 0.3) is 11.8 Å². The SMILES string of the molecule is C=Cc1cnccc1C(=O)NCC(=O)N1CC(F)(F)C[C@H]1C#N. The fourth-order valence-electron chi connectivity index (χ4n) is 2.32. The van der Waals surface area contributed by atoms with Crippen molar-refractivity contribution >= 4 is 17.9 Å². The van der Waals surface area contributed by atoms with Crippen molar-refractivity contribution in [2.45, 2.75) is 18.4 Å². The van der Waals surface area contributed by atoms with Gasteiger partial charge in [-0.05, 0) is 6.07 Å². The Balaban J connectivity index is 2.01. The number of pyridine rings is 1. The van der Waals surface area contributed by atoms with Gasteiger partial charge in [0.1, 0.15) is 6.04 Å². The van der Waals surface area contributed by atoms with Crippen LogP contribution >= 0.6 is 0 Å². The lowest BCUT2D eigenvalue weighted by atomic mass is 10.1. The molecule has 1 aliphatic rings. The van der Waals surface area contributed by atoms with Crippen LogP contribution in [0, 0.1) is 11.3 Å². The zero-order valence-corrected chi connectivity index (χ0v) is 12.1. The molecule has 0 aliphatic carbocycles. The number of carbonyl (C=O) groups excluding carboxylic acids is 2. The molecule has 1 atom stereocenters. The van der Waals surface area contributed by atoms with E-state index in [-0.39, 0.29) is 5.56 Å². The molecule has 0 unspecified atom stereocenters. The molecule has 2 amide bonds. The molecule has 0 bridgehead atoms. The highest BCUT2D eigenvalue weighted by molar-refractivity contribution is 5.99. The van der Waals surface area contributed by atoms with Crippen molar-refractivity contribution in [3.63, 3.8) is 0 Å². The summed E-state index contributed by atoms with van der Waals surface area (Å²) in [7, 11) is 0. The molecule has 0 saturated carbocycles. The van der Waals surface area contributed by atoms with Gasteiger partial charge in [-0.15, -0.1) is 0 Å². The van der Waals surface area contributed by atoms with E-state index in [0.717, 1.165) is 4.90 Å². The van der Waals surface area contributed by atoms with E-state index in [0.29, 0.717) is 5.56 Å². The standard InChI is InChI=1S/C15H14F2N4O2/c1-2-10-7-19-4-3-12(10)14(23)20-8-13(22)21-9-15(16,17)5-11(21)6-18/h2-4,7,11H,1,5,8-9H2,(H,20,23)/t11-/m0/s1.